The highest BCUT2D eigenvalue weighted by Crippen LogP contribution is 2.13. The van der Waals surface area contributed by atoms with Gasteiger partial charge in [-0.3, -0.25) is 4.68 Å². The smallest absolute Gasteiger partial charge is 0.123 e. The Kier molecular flexibility index (Phi) is 3.54. The van der Waals surface area contributed by atoms with E-state index in [1.54, 1.807) is 18.3 Å². The molecule has 0 saturated carbocycles. The molecule has 0 saturated heterocycles. The molecule has 2 rings (SSSR count). The summed E-state index contributed by atoms with van der Waals surface area (Å²) in [5.74, 6) is -0.201. The maximum Gasteiger partial charge on any atom is 0.123 e. The fraction of sp³-hybridized carbons (Fsp3) is 0.308. The van der Waals surface area contributed by atoms with Crippen molar-refractivity contribution in [3.05, 3.63) is 53.6 Å². The maximum atomic E-state index is 12.8. The second-order valence-electron chi connectivity index (χ2n) is 4.10. The van der Waals surface area contributed by atoms with Crippen LogP contribution in [0, 0.1) is 5.82 Å². The Morgan fingerprint density at radius 3 is 2.59 bits per heavy atom. The molecule has 1 aromatic heterocycles. The Labute approximate surface area is 100 Å². The van der Waals surface area contributed by atoms with Crippen LogP contribution >= 0.6 is 0 Å². The first-order chi connectivity index (χ1) is 8.16. The molecular weight excluding hydrogens is 217 g/mol. The van der Waals surface area contributed by atoms with E-state index in [2.05, 4.69) is 17.3 Å². The van der Waals surface area contributed by atoms with Gasteiger partial charge in [0.1, 0.15) is 5.82 Å². The standard InChI is InChI=1S/C13H16FN3/c1-10(11-3-5-12(14)6-4-11)15-9-13-7-8-16-17(13)2/h3-8,10,15H,9H2,1-2H3. The lowest BCUT2D eigenvalue weighted by atomic mass is 10.1. The Bertz CT molecular complexity index is 476. The van der Waals surface area contributed by atoms with Crippen molar-refractivity contribution in [2.24, 2.45) is 7.05 Å². The first kappa shape index (κ1) is 11.8. The Balaban J connectivity index is 1.95. The molecule has 1 aromatic carbocycles. The molecule has 0 radical (unpaired) electrons. The van der Waals surface area contributed by atoms with E-state index in [4.69, 9.17) is 0 Å². The highest BCUT2D eigenvalue weighted by atomic mass is 19.1. The van der Waals surface area contributed by atoms with Gasteiger partial charge in [0, 0.05) is 25.8 Å². The number of rotatable bonds is 4. The van der Waals surface area contributed by atoms with Gasteiger partial charge in [-0.15, -0.1) is 0 Å². The quantitative estimate of drug-likeness (QED) is 0.878. The molecule has 0 spiro atoms. The van der Waals surface area contributed by atoms with Crippen LogP contribution in [0.15, 0.2) is 36.5 Å². The highest BCUT2D eigenvalue weighted by molar-refractivity contribution is 5.19. The third-order valence-electron chi connectivity index (χ3n) is 2.88. The van der Waals surface area contributed by atoms with Crippen LogP contribution in [-0.2, 0) is 13.6 Å². The number of aryl methyl sites for hydroxylation is 1. The predicted molar refractivity (Wildman–Crippen MR) is 64.9 cm³/mol. The average Bonchev–Trinajstić information content (AvgIpc) is 2.73. The molecule has 0 bridgehead atoms. The van der Waals surface area contributed by atoms with Gasteiger partial charge >= 0.3 is 0 Å². The summed E-state index contributed by atoms with van der Waals surface area (Å²) in [7, 11) is 1.92. The number of benzene rings is 1. The Morgan fingerprint density at radius 2 is 2.00 bits per heavy atom. The van der Waals surface area contributed by atoms with Crippen molar-refractivity contribution < 1.29 is 4.39 Å². The molecule has 2 aromatic rings. The SMILES string of the molecule is CC(NCc1ccnn1C)c1ccc(F)cc1. The third kappa shape index (κ3) is 2.91. The lowest BCUT2D eigenvalue weighted by molar-refractivity contribution is 0.546. The molecule has 0 amide bonds. The lowest BCUT2D eigenvalue weighted by Gasteiger charge is -2.14. The van der Waals surface area contributed by atoms with Crippen molar-refractivity contribution in [3.63, 3.8) is 0 Å². The van der Waals surface area contributed by atoms with E-state index in [9.17, 15) is 4.39 Å². The number of hydrogen-bond acceptors (Lipinski definition) is 2. The monoisotopic (exact) mass is 233 g/mol. The van der Waals surface area contributed by atoms with Crippen LogP contribution in [0.2, 0.25) is 0 Å². The summed E-state index contributed by atoms with van der Waals surface area (Å²) in [6, 6.07) is 8.73. The van der Waals surface area contributed by atoms with E-state index in [0.29, 0.717) is 0 Å². The van der Waals surface area contributed by atoms with Gasteiger partial charge in [0.15, 0.2) is 0 Å². The molecular formula is C13H16FN3. The summed E-state index contributed by atoms with van der Waals surface area (Å²) in [5, 5.41) is 7.48. The van der Waals surface area contributed by atoms with Crippen molar-refractivity contribution in [1.29, 1.82) is 0 Å². The van der Waals surface area contributed by atoms with Gasteiger partial charge in [0.2, 0.25) is 0 Å². The summed E-state index contributed by atoms with van der Waals surface area (Å²) in [5.41, 5.74) is 2.20. The van der Waals surface area contributed by atoms with E-state index in [0.717, 1.165) is 17.8 Å². The molecule has 1 unspecified atom stereocenters. The largest absolute Gasteiger partial charge is 0.305 e. The normalized spacial score (nSPS) is 12.6. The van der Waals surface area contributed by atoms with Crippen molar-refractivity contribution in [3.8, 4) is 0 Å². The van der Waals surface area contributed by atoms with Crippen molar-refractivity contribution >= 4 is 0 Å². The van der Waals surface area contributed by atoms with Gasteiger partial charge in [-0.1, -0.05) is 12.1 Å². The van der Waals surface area contributed by atoms with Gasteiger partial charge < -0.3 is 5.32 Å². The molecule has 0 fully saturated rings. The molecule has 0 aliphatic rings. The van der Waals surface area contributed by atoms with Crippen LogP contribution in [0.4, 0.5) is 4.39 Å². The van der Waals surface area contributed by atoms with E-state index in [1.165, 1.54) is 12.1 Å². The van der Waals surface area contributed by atoms with Gasteiger partial charge in [-0.25, -0.2) is 4.39 Å². The molecule has 4 heteroatoms. The van der Waals surface area contributed by atoms with Crippen LogP contribution in [0.5, 0.6) is 0 Å². The number of hydrogen-bond donors (Lipinski definition) is 1. The predicted octanol–water partition coefficient (Wildman–Crippen LogP) is 2.41. The van der Waals surface area contributed by atoms with Gasteiger partial charge in [0.05, 0.1) is 5.69 Å². The molecule has 0 aliphatic carbocycles. The summed E-state index contributed by atoms with van der Waals surface area (Å²) in [6.45, 7) is 2.80. The van der Waals surface area contributed by atoms with Crippen LogP contribution < -0.4 is 5.32 Å². The number of nitrogens with one attached hydrogen (secondary N) is 1. The molecule has 3 nitrogen and oxygen atoms in total. The van der Waals surface area contributed by atoms with Crippen LogP contribution in [0.3, 0.4) is 0 Å². The van der Waals surface area contributed by atoms with Crippen molar-refractivity contribution in [2.45, 2.75) is 19.5 Å². The van der Waals surface area contributed by atoms with Gasteiger partial charge in [-0.05, 0) is 30.7 Å². The lowest BCUT2D eigenvalue weighted by Crippen LogP contribution is -2.19. The Hall–Kier alpha value is -1.68. The third-order valence-corrected chi connectivity index (χ3v) is 2.88. The van der Waals surface area contributed by atoms with Gasteiger partial charge in [0.25, 0.3) is 0 Å². The first-order valence-corrected chi connectivity index (χ1v) is 5.62. The zero-order valence-electron chi connectivity index (χ0n) is 10.0. The molecule has 0 aliphatic heterocycles. The fourth-order valence-electron chi connectivity index (χ4n) is 1.70. The molecule has 1 N–H and O–H groups in total. The highest BCUT2D eigenvalue weighted by Gasteiger charge is 2.06. The molecule has 1 atom stereocenters. The summed E-state index contributed by atoms with van der Waals surface area (Å²) < 4.78 is 14.6. The Morgan fingerprint density at radius 1 is 1.29 bits per heavy atom. The number of halogens is 1. The van der Waals surface area contributed by atoms with Crippen molar-refractivity contribution in [1.82, 2.24) is 15.1 Å². The van der Waals surface area contributed by atoms with E-state index >= 15 is 0 Å². The zero-order valence-corrected chi connectivity index (χ0v) is 10.0. The van der Waals surface area contributed by atoms with E-state index in [1.807, 2.05) is 17.8 Å². The van der Waals surface area contributed by atoms with E-state index in [-0.39, 0.29) is 11.9 Å². The van der Waals surface area contributed by atoms with Crippen LogP contribution in [-0.4, -0.2) is 9.78 Å². The minimum Gasteiger partial charge on any atom is -0.305 e. The molecule has 1 heterocycles. The zero-order chi connectivity index (χ0) is 12.3. The first-order valence-electron chi connectivity index (χ1n) is 5.62. The topological polar surface area (TPSA) is 29.9 Å². The fourth-order valence-corrected chi connectivity index (χ4v) is 1.70. The number of aromatic nitrogens is 2. The second-order valence-corrected chi connectivity index (χ2v) is 4.10. The van der Waals surface area contributed by atoms with Crippen LogP contribution in [0.25, 0.3) is 0 Å². The summed E-state index contributed by atoms with van der Waals surface area (Å²) in [4.78, 5) is 0. The number of nitrogens with zero attached hydrogens (tertiary/aromatic N) is 2. The summed E-state index contributed by atoms with van der Waals surface area (Å²) >= 11 is 0. The average molecular weight is 233 g/mol. The minimum atomic E-state index is -0.201. The molecule has 90 valence electrons. The maximum absolute atomic E-state index is 12.8. The second kappa shape index (κ2) is 5.10. The van der Waals surface area contributed by atoms with Gasteiger partial charge in [-0.2, -0.15) is 5.10 Å². The summed E-state index contributed by atoms with van der Waals surface area (Å²) in [6.07, 6.45) is 1.78. The van der Waals surface area contributed by atoms with E-state index < -0.39 is 0 Å². The minimum absolute atomic E-state index is 0.186. The molecule has 17 heavy (non-hydrogen) atoms. The van der Waals surface area contributed by atoms with Crippen molar-refractivity contribution in [2.75, 3.05) is 0 Å². The van der Waals surface area contributed by atoms with Crippen LogP contribution in [0.1, 0.15) is 24.2 Å².